The molecular formula is C21H26F3N3O4. The van der Waals surface area contributed by atoms with Gasteiger partial charge in [-0.3, -0.25) is 14.5 Å². The molecular weight excluding hydrogens is 415 g/mol. The molecule has 1 aromatic carbocycles. The van der Waals surface area contributed by atoms with Gasteiger partial charge in [-0.1, -0.05) is 26.2 Å². The van der Waals surface area contributed by atoms with Crippen molar-refractivity contribution in [3.63, 3.8) is 0 Å². The third-order valence-corrected chi connectivity index (χ3v) is 5.56. The topological polar surface area (TPSA) is 87.7 Å². The van der Waals surface area contributed by atoms with Gasteiger partial charge in [-0.05, 0) is 37.5 Å². The lowest BCUT2D eigenvalue weighted by molar-refractivity contribution is -0.137. The average molecular weight is 441 g/mol. The van der Waals surface area contributed by atoms with Crippen molar-refractivity contribution in [3.8, 4) is 5.75 Å². The van der Waals surface area contributed by atoms with Crippen molar-refractivity contribution in [1.82, 2.24) is 10.2 Å². The van der Waals surface area contributed by atoms with Crippen molar-refractivity contribution in [2.75, 3.05) is 18.5 Å². The number of alkyl halides is 3. The third-order valence-electron chi connectivity index (χ3n) is 5.56. The minimum atomic E-state index is -4.57. The van der Waals surface area contributed by atoms with Gasteiger partial charge >= 0.3 is 12.2 Å². The lowest BCUT2D eigenvalue weighted by Gasteiger charge is -2.30. The Morgan fingerprint density at radius 2 is 1.94 bits per heavy atom. The number of carbonyl (C=O) groups excluding carboxylic acids is 3. The first-order valence-electron chi connectivity index (χ1n) is 10.4. The van der Waals surface area contributed by atoms with Gasteiger partial charge in [0.15, 0.2) is 0 Å². The number of benzene rings is 1. The summed E-state index contributed by atoms with van der Waals surface area (Å²) in [5, 5.41) is 5.18. The number of carbonyl (C=O) groups is 3. The molecule has 1 aliphatic carbocycles. The van der Waals surface area contributed by atoms with Crippen LogP contribution in [0.1, 0.15) is 57.4 Å². The van der Waals surface area contributed by atoms with Crippen molar-refractivity contribution in [2.45, 2.75) is 63.6 Å². The summed E-state index contributed by atoms with van der Waals surface area (Å²) in [4.78, 5) is 38.5. The molecule has 1 aromatic rings. The Kier molecular flexibility index (Phi) is 6.76. The fourth-order valence-electron chi connectivity index (χ4n) is 3.94. The average Bonchev–Trinajstić information content (AvgIpc) is 2.94. The Labute approximate surface area is 178 Å². The summed E-state index contributed by atoms with van der Waals surface area (Å²) in [6, 6.07) is 2.33. The van der Waals surface area contributed by atoms with E-state index in [1.54, 1.807) is 0 Å². The van der Waals surface area contributed by atoms with Gasteiger partial charge in [0.05, 0.1) is 17.9 Å². The molecule has 1 saturated carbocycles. The molecule has 10 heteroatoms. The summed E-state index contributed by atoms with van der Waals surface area (Å²) in [5.74, 6) is -0.832. The second-order valence-corrected chi connectivity index (χ2v) is 7.89. The smallest absolute Gasteiger partial charge is 0.416 e. The van der Waals surface area contributed by atoms with E-state index in [-0.39, 0.29) is 36.9 Å². The van der Waals surface area contributed by atoms with Crippen LogP contribution in [0.3, 0.4) is 0 Å². The minimum Gasteiger partial charge on any atom is -0.491 e. The molecule has 1 saturated heterocycles. The highest BCUT2D eigenvalue weighted by Gasteiger charge is 2.51. The summed E-state index contributed by atoms with van der Waals surface area (Å²) in [5.41, 5.74) is -1.90. The molecule has 2 fully saturated rings. The monoisotopic (exact) mass is 441 g/mol. The number of hydrogen-bond donors (Lipinski definition) is 2. The van der Waals surface area contributed by atoms with Crippen molar-refractivity contribution >= 4 is 23.5 Å². The largest absolute Gasteiger partial charge is 0.491 e. The Morgan fingerprint density at radius 1 is 1.23 bits per heavy atom. The molecule has 1 heterocycles. The van der Waals surface area contributed by atoms with Crippen LogP contribution in [0.2, 0.25) is 0 Å². The van der Waals surface area contributed by atoms with Gasteiger partial charge in [0.1, 0.15) is 11.3 Å². The normalized spacial score (nSPS) is 18.3. The van der Waals surface area contributed by atoms with E-state index < -0.39 is 29.2 Å². The van der Waals surface area contributed by atoms with Crippen LogP contribution in [0.4, 0.5) is 23.7 Å². The number of amides is 4. The molecule has 1 aliphatic heterocycles. The molecule has 0 radical (unpaired) electrons. The zero-order valence-electron chi connectivity index (χ0n) is 17.3. The fourth-order valence-corrected chi connectivity index (χ4v) is 3.94. The highest BCUT2D eigenvalue weighted by molar-refractivity contribution is 6.07. The molecule has 2 N–H and O–H groups in total. The first-order chi connectivity index (χ1) is 14.7. The lowest BCUT2D eigenvalue weighted by Crippen LogP contribution is -2.48. The van der Waals surface area contributed by atoms with Crippen molar-refractivity contribution in [1.29, 1.82) is 0 Å². The number of nitrogens with one attached hydrogen (secondary N) is 2. The number of hydrogen-bond acceptors (Lipinski definition) is 4. The number of ether oxygens (including phenoxy) is 1. The Hall–Kier alpha value is -2.78. The van der Waals surface area contributed by atoms with E-state index in [1.165, 1.54) is 6.07 Å². The summed E-state index contributed by atoms with van der Waals surface area (Å²) >= 11 is 0. The molecule has 4 amide bonds. The first kappa shape index (κ1) is 22.9. The van der Waals surface area contributed by atoms with E-state index in [4.69, 9.17) is 4.74 Å². The maximum atomic E-state index is 13.1. The molecule has 0 aromatic heterocycles. The Balaban J connectivity index is 1.66. The molecule has 2 aliphatic rings. The predicted octanol–water partition coefficient (Wildman–Crippen LogP) is 4.08. The van der Waals surface area contributed by atoms with Crippen LogP contribution in [0.25, 0.3) is 0 Å². The lowest BCUT2D eigenvalue weighted by atomic mass is 9.82. The zero-order chi connectivity index (χ0) is 22.6. The number of nitrogens with zero attached hydrogens (tertiary/aromatic N) is 1. The molecule has 31 heavy (non-hydrogen) atoms. The minimum absolute atomic E-state index is 0.103. The predicted molar refractivity (Wildman–Crippen MR) is 107 cm³/mol. The van der Waals surface area contributed by atoms with Gasteiger partial charge in [-0.2, -0.15) is 13.2 Å². The number of anilines is 1. The second kappa shape index (κ2) is 9.15. The van der Waals surface area contributed by atoms with E-state index in [0.29, 0.717) is 19.3 Å². The van der Waals surface area contributed by atoms with Crippen molar-refractivity contribution in [3.05, 3.63) is 23.8 Å². The van der Waals surface area contributed by atoms with Crippen LogP contribution in [0.15, 0.2) is 18.2 Å². The zero-order valence-corrected chi connectivity index (χ0v) is 17.3. The number of urea groups is 1. The summed E-state index contributed by atoms with van der Waals surface area (Å²) in [6.07, 6.45) is -0.330. The summed E-state index contributed by atoms with van der Waals surface area (Å²) in [6.45, 7) is 1.97. The maximum absolute atomic E-state index is 13.1. The highest BCUT2D eigenvalue weighted by atomic mass is 19.4. The Morgan fingerprint density at radius 3 is 2.58 bits per heavy atom. The molecule has 170 valence electrons. The van der Waals surface area contributed by atoms with E-state index in [2.05, 4.69) is 10.6 Å². The Bertz CT molecular complexity index is 851. The quantitative estimate of drug-likeness (QED) is 0.625. The SMILES string of the molecule is CCCOc1ccc(C(F)(F)F)cc1NC(=O)CCN1C(=O)NC2(CCCCC2)C1=O. The number of rotatable bonds is 7. The fraction of sp³-hybridized carbons (Fsp3) is 0.571. The molecule has 0 unspecified atom stereocenters. The molecule has 1 spiro atoms. The van der Waals surface area contributed by atoms with Crippen molar-refractivity contribution < 1.29 is 32.3 Å². The summed E-state index contributed by atoms with van der Waals surface area (Å²) in [7, 11) is 0. The van der Waals surface area contributed by atoms with Crippen LogP contribution in [0, 0.1) is 0 Å². The maximum Gasteiger partial charge on any atom is 0.416 e. The number of halogens is 3. The van der Waals surface area contributed by atoms with Gasteiger partial charge in [0, 0.05) is 13.0 Å². The second-order valence-electron chi connectivity index (χ2n) is 7.89. The van der Waals surface area contributed by atoms with E-state index >= 15 is 0 Å². The molecule has 0 bridgehead atoms. The highest BCUT2D eigenvalue weighted by Crippen LogP contribution is 2.36. The molecule has 7 nitrogen and oxygen atoms in total. The number of imide groups is 1. The van der Waals surface area contributed by atoms with E-state index in [1.807, 2.05) is 6.92 Å². The van der Waals surface area contributed by atoms with Gasteiger partial charge in [0.2, 0.25) is 5.91 Å². The van der Waals surface area contributed by atoms with Gasteiger partial charge in [0.25, 0.3) is 5.91 Å². The van der Waals surface area contributed by atoms with Crippen LogP contribution in [-0.2, 0) is 15.8 Å². The van der Waals surface area contributed by atoms with Crippen LogP contribution in [0.5, 0.6) is 5.75 Å². The van der Waals surface area contributed by atoms with E-state index in [9.17, 15) is 27.6 Å². The summed E-state index contributed by atoms with van der Waals surface area (Å²) < 4.78 is 44.6. The first-order valence-corrected chi connectivity index (χ1v) is 10.4. The van der Waals surface area contributed by atoms with E-state index in [0.717, 1.165) is 36.3 Å². The van der Waals surface area contributed by atoms with Crippen LogP contribution >= 0.6 is 0 Å². The third kappa shape index (κ3) is 5.11. The van der Waals surface area contributed by atoms with Gasteiger partial charge < -0.3 is 15.4 Å². The van der Waals surface area contributed by atoms with Crippen molar-refractivity contribution in [2.24, 2.45) is 0 Å². The molecule has 0 atom stereocenters. The van der Waals surface area contributed by atoms with Crippen LogP contribution in [-0.4, -0.2) is 41.4 Å². The molecule has 3 rings (SSSR count). The van der Waals surface area contributed by atoms with Gasteiger partial charge in [-0.15, -0.1) is 0 Å². The standard InChI is InChI=1S/C21H26F3N3O4/c1-2-12-31-16-7-6-14(21(22,23)24)13-15(16)25-17(28)8-11-27-18(29)20(26-19(27)30)9-4-3-5-10-20/h6-7,13H,2-5,8-12H2,1H3,(H,25,28)(H,26,30). The van der Waals surface area contributed by atoms with Gasteiger partial charge in [-0.25, -0.2) is 4.79 Å². The van der Waals surface area contributed by atoms with Crippen LogP contribution < -0.4 is 15.4 Å².